The molecule has 0 aromatic carbocycles. The molecule has 0 saturated carbocycles. The Balaban J connectivity index is 2.31. The number of piperidine rings is 1. The standard InChI is InChI=1S/C15H32N2/c1-12(14(2,3)4)10-16-11-13-15(5,6)8-7-9-17-13/h12-13,16-17H,7-11H2,1-6H3. The SMILES string of the molecule is CC(CNCC1NCCCC1(C)C)C(C)(C)C. The van der Waals surface area contributed by atoms with Gasteiger partial charge in [0.2, 0.25) is 0 Å². The molecule has 0 aliphatic carbocycles. The largest absolute Gasteiger partial charge is 0.315 e. The van der Waals surface area contributed by atoms with Gasteiger partial charge in [-0.25, -0.2) is 0 Å². The Morgan fingerprint density at radius 2 is 2.00 bits per heavy atom. The summed E-state index contributed by atoms with van der Waals surface area (Å²) in [4.78, 5) is 0. The van der Waals surface area contributed by atoms with E-state index in [1.54, 1.807) is 0 Å². The molecule has 1 fully saturated rings. The number of rotatable bonds is 4. The van der Waals surface area contributed by atoms with E-state index in [2.05, 4.69) is 52.2 Å². The van der Waals surface area contributed by atoms with E-state index in [0.717, 1.165) is 13.1 Å². The van der Waals surface area contributed by atoms with Crippen LogP contribution in [0.15, 0.2) is 0 Å². The summed E-state index contributed by atoms with van der Waals surface area (Å²) in [7, 11) is 0. The maximum atomic E-state index is 3.66. The van der Waals surface area contributed by atoms with Crippen LogP contribution in [0.2, 0.25) is 0 Å². The minimum atomic E-state index is 0.405. The molecule has 0 spiro atoms. The highest BCUT2D eigenvalue weighted by atomic mass is 15.0. The summed E-state index contributed by atoms with van der Waals surface area (Å²) in [5, 5.41) is 7.31. The molecule has 0 amide bonds. The van der Waals surface area contributed by atoms with Gasteiger partial charge in [-0.3, -0.25) is 0 Å². The second kappa shape index (κ2) is 5.71. The average molecular weight is 240 g/mol. The van der Waals surface area contributed by atoms with Crippen molar-refractivity contribution in [1.82, 2.24) is 10.6 Å². The van der Waals surface area contributed by atoms with Gasteiger partial charge < -0.3 is 10.6 Å². The number of hydrogen-bond acceptors (Lipinski definition) is 2. The van der Waals surface area contributed by atoms with Crippen molar-refractivity contribution in [2.24, 2.45) is 16.7 Å². The van der Waals surface area contributed by atoms with Crippen molar-refractivity contribution < 1.29 is 0 Å². The Morgan fingerprint density at radius 1 is 1.35 bits per heavy atom. The lowest BCUT2D eigenvalue weighted by Gasteiger charge is -2.40. The van der Waals surface area contributed by atoms with Crippen LogP contribution >= 0.6 is 0 Å². The monoisotopic (exact) mass is 240 g/mol. The van der Waals surface area contributed by atoms with Crippen molar-refractivity contribution in [3.05, 3.63) is 0 Å². The van der Waals surface area contributed by atoms with Gasteiger partial charge in [0, 0.05) is 12.6 Å². The van der Waals surface area contributed by atoms with E-state index in [9.17, 15) is 0 Å². The van der Waals surface area contributed by atoms with Gasteiger partial charge in [0.25, 0.3) is 0 Å². The zero-order chi connectivity index (χ0) is 13.1. The summed E-state index contributed by atoms with van der Waals surface area (Å²) in [6.45, 7) is 17.5. The summed E-state index contributed by atoms with van der Waals surface area (Å²) in [5.41, 5.74) is 0.846. The van der Waals surface area contributed by atoms with Crippen LogP contribution < -0.4 is 10.6 Å². The van der Waals surface area contributed by atoms with E-state index in [1.807, 2.05) is 0 Å². The van der Waals surface area contributed by atoms with Gasteiger partial charge in [-0.1, -0.05) is 41.5 Å². The molecular formula is C15H32N2. The smallest absolute Gasteiger partial charge is 0.0243 e. The first-order valence-electron chi connectivity index (χ1n) is 7.17. The van der Waals surface area contributed by atoms with E-state index < -0.39 is 0 Å². The molecule has 1 heterocycles. The lowest BCUT2D eigenvalue weighted by molar-refractivity contribution is 0.169. The normalized spacial score (nSPS) is 26.8. The van der Waals surface area contributed by atoms with Gasteiger partial charge >= 0.3 is 0 Å². The molecule has 0 aromatic rings. The van der Waals surface area contributed by atoms with Gasteiger partial charge in [0.15, 0.2) is 0 Å². The third kappa shape index (κ3) is 4.59. The minimum absolute atomic E-state index is 0.405. The first kappa shape index (κ1) is 15.0. The zero-order valence-corrected chi connectivity index (χ0v) is 12.7. The summed E-state index contributed by atoms with van der Waals surface area (Å²) < 4.78 is 0. The molecule has 2 atom stereocenters. The molecule has 17 heavy (non-hydrogen) atoms. The van der Waals surface area contributed by atoms with Gasteiger partial charge in [-0.05, 0) is 42.7 Å². The third-order valence-corrected chi connectivity index (χ3v) is 4.61. The van der Waals surface area contributed by atoms with Crippen molar-refractivity contribution >= 4 is 0 Å². The molecule has 2 heteroatoms. The highest BCUT2D eigenvalue weighted by Crippen LogP contribution is 2.30. The highest BCUT2D eigenvalue weighted by Gasteiger charge is 2.31. The average Bonchev–Trinajstić information content (AvgIpc) is 2.18. The second-order valence-corrected chi connectivity index (χ2v) is 7.52. The van der Waals surface area contributed by atoms with Crippen LogP contribution in [0.5, 0.6) is 0 Å². The molecule has 102 valence electrons. The summed E-state index contributed by atoms with van der Waals surface area (Å²) in [6.07, 6.45) is 2.67. The zero-order valence-electron chi connectivity index (χ0n) is 12.7. The van der Waals surface area contributed by atoms with Crippen molar-refractivity contribution in [1.29, 1.82) is 0 Å². The molecule has 1 aliphatic rings. The van der Waals surface area contributed by atoms with Crippen LogP contribution in [-0.2, 0) is 0 Å². The van der Waals surface area contributed by atoms with Crippen LogP contribution in [0.3, 0.4) is 0 Å². The predicted molar refractivity (Wildman–Crippen MR) is 76.3 cm³/mol. The van der Waals surface area contributed by atoms with Crippen LogP contribution in [0.4, 0.5) is 0 Å². The molecule has 0 aromatic heterocycles. The summed E-state index contributed by atoms with van der Waals surface area (Å²) in [6, 6.07) is 0.628. The third-order valence-electron chi connectivity index (χ3n) is 4.61. The molecule has 1 aliphatic heterocycles. The van der Waals surface area contributed by atoms with Gasteiger partial charge in [-0.15, -0.1) is 0 Å². The van der Waals surface area contributed by atoms with Gasteiger partial charge in [-0.2, -0.15) is 0 Å². The van der Waals surface area contributed by atoms with Crippen LogP contribution in [0.1, 0.15) is 54.4 Å². The first-order chi connectivity index (χ1) is 7.73. The Morgan fingerprint density at radius 3 is 2.53 bits per heavy atom. The Bertz CT molecular complexity index is 228. The van der Waals surface area contributed by atoms with Crippen molar-refractivity contribution in [2.75, 3.05) is 19.6 Å². The van der Waals surface area contributed by atoms with Crippen molar-refractivity contribution in [3.8, 4) is 0 Å². The van der Waals surface area contributed by atoms with Crippen LogP contribution in [0, 0.1) is 16.7 Å². The molecule has 1 saturated heterocycles. The predicted octanol–water partition coefficient (Wildman–Crippen LogP) is 3.04. The maximum absolute atomic E-state index is 3.66. The molecule has 0 bridgehead atoms. The second-order valence-electron chi connectivity index (χ2n) is 7.52. The fourth-order valence-electron chi connectivity index (χ4n) is 2.37. The van der Waals surface area contributed by atoms with E-state index >= 15 is 0 Å². The maximum Gasteiger partial charge on any atom is 0.0243 e. The van der Waals surface area contributed by atoms with E-state index in [-0.39, 0.29) is 0 Å². The highest BCUT2D eigenvalue weighted by molar-refractivity contribution is 4.89. The minimum Gasteiger partial charge on any atom is -0.315 e. The Labute approximate surface area is 108 Å². The van der Waals surface area contributed by atoms with Gasteiger partial charge in [0.1, 0.15) is 0 Å². The Hall–Kier alpha value is -0.0800. The summed E-state index contributed by atoms with van der Waals surface area (Å²) >= 11 is 0. The molecule has 0 radical (unpaired) electrons. The Kier molecular flexibility index (Phi) is 5.03. The van der Waals surface area contributed by atoms with E-state index in [1.165, 1.54) is 19.4 Å². The topological polar surface area (TPSA) is 24.1 Å². The summed E-state index contributed by atoms with van der Waals surface area (Å²) in [5.74, 6) is 0.717. The van der Waals surface area contributed by atoms with E-state index in [0.29, 0.717) is 22.8 Å². The fourth-order valence-corrected chi connectivity index (χ4v) is 2.37. The molecular weight excluding hydrogens is 208 g/mol. The van der Waals surface area contributed by atoms with Crippen molar-refractivity contribution in [2.45, 2.75) is 60.4 Å². The van der Waals surface area contributed by atoms with Crippen LogP contribution in [-0.4, -0.2) is 25.7 Å². The molecule has 2 N–H and O–H groups in total. The number of nitrogens with one attached hydrogen (secondary N) is 2. The quantitative estimate of drug-likeness (QED) is 0.789. The first-order valence-corrected chi connectivity index (χ1v) is 7.17. The molecule has 1 rings (SSSR count). The van der Waals surface area contributed by atoms with E-state index in [4.69, 9.17) is 0 Å². The van der Waals surface area contributed by atoms with Crippen molar-refractivity contribution in [3.63, 3.8) is 0 Å². The fraction of sp³-hybridized carbons (Fsp3) is 1.00. The van der Waals surface area contributed by atoms with Crippen LogP contribution in [0.25, 0.3) is 0 Å². The van der Waals surface area contributed by atoms with Gasteiger partial charge in [0.05, 0.1) is 0 Å². The lowest BCUT2D eigenvalue weighted by Crippen LogP contribution is -2.52. The molecule has 2 unspecified atom stereocenters. The lowest BCUT2D eigenvalue weighted by atomic mass is 9.77. The molecule has 2 nitrogen and oxygen atoms in total. The number of hydrogen-bond donors (Lipinski definition) is 2.